The van der Waals surface area contributed by atoms with Crippen molar-refractivity contribution < 1.29 is 4.79 Å². The molecule has 4 aliphatic carbocycles. The third kappa shape index (κ3) is 2.73. The van der Waals surface area contributed by atoms with Crippen LogP contribution in [-0.4, -0.2) is 16.8 Å². The summed E-state index contributed by atoms with van der Waals surface area (Å²) in [7, 11) is 0. The lowest BCUT2D eigenvalue weighted by molar-refractivity contribution is -0.154. The first-order valence-electron chi connectivity index (χ1n) is 8.41. The highest BCUT2D eigenvalue weighted by Crippen LogP contribution is 2.70. The van der Waals surface area contributed by atoms with E-state index in [0.29, 0.717) is 10.8 Å². The highest BCUT2D eigenvalue weighted by Gasteiger charge is 2.63. The van der Waals surface area contributed by atoms with Crippen molar-refractivity contribution in [3.05, 3.63) is 0 Å². The number of carbonyl (C=O) groups is 1. The smallest absolute Gasteiger partial charge is 0.239 e. The summed E-state index contributed by atoms with van der Waals surface area (Å²) >= 11 is 6.77. The molecule has 3 atom stereocenters. The van der Waals surface area contributed by atoms with Crippen LogP contribution >= 0.6 is 11.6 Å². The fourth-order valence-electron chi connectivity index (χ4n) is 6.53. The maximum absolute atomic E-state index is 12.6. The van der Waals surface area contributed by atoms with E-state index in [1.807, 2.05) is 20.8 Å². The van der Waals surface area contributed by atoms with Gasteiger partial charge in [-0.05, 0) is 81.5 Å². The molecule has 1 N–H and O–H groups in total. The van der Waals surface area contributed by atoms with E-state index in [0.717, 1.165) is 25.2 Å². The van der Waals surface area contributed by atoms with Crippen LogP contribution in [0.2, 0.25) is 0 Å². The molecule has 0 aliphatic heterocycles. The zero-order valence-electron chi connectivity index (χ0n) is 14.2. The number of amides is 1. The molecule has 120 valence electrons. The average molecular weight is 312 g/mol. The molecule has 4 fully saturated rings. The van der Waals surface area contributed by atoms with E-state index in [9.17, 15) is 4.79 Å². The van der Waals surface area contributed by atoms with Crippen molar-refractivity contribution in [3.8, 4) is 0 Å². The molecule has 0 aromatic heterocycles. The van der Waals surface area contributed by atoms with Crippen LogP contribution in [0.5, 0.6) is 0 Å². The molecule has 0 saturated heterocycles. The zero-order valence-corrected chi connectivity index (χ0v) is 14.9. The van der Waals surface area contributed by atoms with Crippen LogP contribution in [-0.2, 0) is 4.79 Å². The van der Waals surface area contributed by atoms with Gasteiger partial charge in [-0.3, -0.25) is 4.79 Å². The molecular formula is C18H30ClNO. The van der Waals surface area contributed by atoms with Crippen molar-refractivity contribution in [2.75, 3.05) is 0 Å². The van der Waals surface area contributed by atoms with E-state index in [2.05, 4.69) is 19.2 Å². The van der Waals surface area contributed by atoms with Crippen LogP contribution in [0.25, 0.3) is 0 Å². The van der Waals surface area contributed by atoms with Crippen molar-refractivity contribution in [2.45, 2.75) is 84.1 Å². The largest absolute Gasteiger partial charge is 0.350 e. The normalized spacial score (nSPS) is 46.5. The molecule has 4 saturated carbocycles. The van der Waals surface area contributed by atoms with Crippen LogP contribution in [0.15, 0.2) is 0 Å². The zero-order chi connectivity index (χ0) is 15.7. The summed E-state index contributed by atoms with van der Waals surface area (Å²) in [6, 6.07) is 0. The number of rotatable bonds is 2. The second-order valence-electron chi connectivity index (χ2n) is 10.1. The van der Waals surface area contributed by atoms with Gasteiger partial charge in [0.2, 0.25) is 5.91 Å². The lowest BCUT2D eigenvalue weighted by Gasteiger charge is -2.66. The van der Waals surface area contributed by atoms with Gasteiger partial charge in [-0.15, -0.1) is 11.6 Å². The first-order chi connectivity index (χ1) is 9.45. The van der Waals surface area contributed by atoms with Crippen molar-refractivity contribution in [1.29, 1.82) is 0 Å². The van der Waals surface area contributed by atoms with E-state index in [4.69, 9.17) is 11.6 Å². The van der Waals surface area contributed by atoms with Gasteiger partial charge in [-0.1, -0.05) is 13.8 Å². The maximum atomic E-state index is 12.6. The highest BCUT2D eigenvalue weighted by molar-refractivity contribution is 6.31. The predicted octanol–water partition coefficient (Wildman–Crippen LogP) is 4.51. The third-order valence-corrected chi connectivity index (χ3v) is 6.60. The SMILES string of the molecule is CC(C)(C)NC(=O)[C@@H](Cl)C12CC3C[C@@](C)(C1)C[C@@](C)(C3)C2. The van der Waals surface area contributed by atoms with Crippen molar-refractivity contribution in [3.63, 3.8) is 0 Å². The first kappa shape index (κ1) is 15.6. The van der Waals surface area contributed by atoms with Gasteiger partial charge in [0.1, 0.15) is 5.38 Å². The molecule has 3 heteroatoms. The molecule has 21 heavy (non-hydrogen) atoms. The molecule has 0 unspecified atom stereocenters. The quantitative estimate of drug-likeness (QED) is 0.747. The van der Waals surface area contributed by atoms with E-state index >= 15 is 0 Å². The monoisotopic (exact) mass is 311 g/mol. The van der Waals surface area contributed by atoms with Crippen LogP contribution in [0.1, 0.15) is 73.1 Å². The standard InChI is InChI=1S/C18H30ClNO/c1-15(2,3)20-14(21)13(19)18-8-12-6-16(4,10-18)9-17(5,7-12)11-18/h12-13H,6-11H2,1-5H3,(H,20,21)/t12?,13-,16-,17-,18?/m1/s1. The Morgan fingerprint density at radius 2 is 1.62 bits per heavy atom. The molecule has 0 spiro atoms. The summed E-state index contributed by atoms with van der Waals surface area (Å²) in [6.45, 7) is 10.9. The van der Waals surface area contributed by atoms with Gasteiger partial charge < -0.3 is 5.32 Å². The Morgan fingerprint density at radius 3 is 2.05 bits per heavy atom. The number of nitrogens with one attached hydrogen (secondary N) is 1. The second kappa shape index (κ2) is 4.40. The average Bonchev–Trinajstić information content (AvgIpc) is 2.20. The minimum Gasteiger partial charge on any atom is -0.350 e. The summed E-state index contributed by atoms with van der Waals surface area (Å²) in [4.78, 5) is 12.6. The summed E-state index contributed by atoms with van der Waals surface area (Å²) < 4.78 is 0. The minimum absolute atomic E-state index is 0.0276. The molecule has 4 bridgehead atoms. The van der Waals surface area contributed by atoms with Crippen LogP contribution in [0.4, 0.5) is 0 Å². The van der Waals surface area contributed by atoms with Crippen molar-refractivity contribution in [2.24, 2.45) is 22.2 Å². The van der Waals surface area contributed by atoms with Gasteiger partial charge in [-0.25, -0.2) is 0 Å². The second-order valence-corrected chi connectivity index (χ2v) is 10.5. The summed E-state index contributed by atoms with van der Waals surface area (Å²) in [5, 5.41) is 2.72. The van der Waals surface area contributed by atoms with E-state index < -0.39 is 0 Å². The lowest BCUT2D eigenvalue weighted by atomic mass is 9.39. The van der Waals surface area contributed by atoms with Gasteiger partial charge in [0, 0.05) is 5.54 Å². The first-order valence-corrected chi connectivity index (χ1v) is 8.84. The minimum atomic E-state index is -0.376. The van der Waals surface area contributed by atoms with Crippen molar-refractivity contribution >= 4 is 17.5 Å². The third-order valence-electron chi connectivity index (χ3n) is 5.94. The molecular weight excluding hydrogens is 282 g/mol. The summed E-state index contributed by atoms with van der Waals surface area (Å²) in [5.74, 6) is 0.818. The topological polar surface area (TPSA) is 29.1 Å². The highest BCUT2D eigenvalue weighted by atomic mass is 35.5. The molecule has 1 amide bonds. The van der Waals surface area contributed by atoms with Crippen LogP contribution in [0, 0.1) is 22.2 Å². The number of hydrogen-bond donors (Lipinski definition) is 1. The van der Waals surface area contributed by atoms with E-state index in [1.54, 1.807) is 0 Å². The number of carbonyl (C=O) groups excluding carboxylic acids is 1. The Labute approximate surface area is 134 Å². The van der Waals surface area contributed by atoms with Crippen molar-refractivity contribution in [1.82, 2.24) is 5.32 Å². The molecule has 0 radical (unpaired) electrons. The Morgan fingerprint density at radius 1 is 1.10 bits per heavy atom. The Bertz CT molecular complexity index is 448. The Kier molecular flexibility index (Phi) is 3.28. The maximum Gasteiger partial charge on any atom is 0.239 e. The number of halogens is 1. The number of hydrogen-bond acceptors (Lipinski definition) is 1. The lowest BCUT2D eigenvalue weighted by Crippen LogP contribution is -2.61. The predicted molar refractivity (Wildman–Crippen MR) is 87.4 cm³/mol. The summed E-state index contributed by atoms with van der Waals surface area (Å²) in [6.07, 6.45) is 7.44. The van der Waals surface area contributed by atoms with Gasteiger partial charge in [0.25, 0.3) is 0 Å². The number of alkyl halides is 1. The fraction of sp³-hybridized carbons (Fsp3) is 0.944. The van der Waals surface area contributed by atoms with Crippen LogP contribution < -0.4 is 5.32 Å². The molecule has 0 aromatic carbocycles. The van der Waals surface area contributed by atoms with Crippen LogP contribution in [0.3, 0.4) is 0 Å². The van der Waals surface area contributed by atoms with E-state index in [1.165, 1.54) is 19.3 Å². The fourth-order valence-corrected chi connectivity index (χ4v) is 6.83. The summed E-state index contributed by atoms with van der Waals surface area (Å²) in [5.41, 5.74) is 0.632. The Balaban J connectivity index is 1.86. The van der Waals surface area contributed by atoms with Gasteiger partial charge in [0.15, 0.2) is 0 Å². The molecule has 0 heterocycles. The van der Waals surface area contributed by atoms with Gasteiger partial charge in [-0.2, -0.15) is 0 Å². The Hall–Kier alpha value is -0.240. The molecule has 2 nitrogen and oxygen atoms in total. The van der Waals surface area contributed by atoms with Gasteiger partial charge in [0.05, 0.1) is 0 Å². The molecule has 0 aromatic rings. The van der Waals surface area contributed by atoms with Gasteiger partial charge >= 0.3 is 0 Å². The van der Waals surface area contributed by atoms with E-state index in [-0.39, 0.29) is 22.2 Å². The molecule has 4 aliphatic rings. The molecule has 4 rings (SSSR count).